The topological polar surface area (TPSA) is 76.5 Å². The number of aromatic nitrogens is 2. The summed E-state index contributed by atoms with van der Waals surface area (Å²) < 4.78 is 6.85. The normalized spacial score (nSPS) is 14.3. The van der Waals surface area contributed by atoms with E-state index in [9.17, 15) is 9.59 Å². The van der Waals surface area contributed by atoms with Gasteiger partial charge in [0.1, 0.15) is 6.54 Å². The lowest BCUT2D eigenvalue weighted by atomic mass is 10.1. The number of ether oxygens (including phenoxy) is 1. The highest BCUT2D eigenvalue weighted by atomic mass is 16.5. The number of amides is 1. The quantitative estimate of drug-likeness (QED) is 0.870. The molecule has 0 aliphatic carbocycles. The number of rotatable bonds is 5. The molecule has 2 aromatic rings. The van der Waals surface area contributed by atoms with Crippen molar-refractivity contribution in [3.05, 3.63) is 51.4 Å². The van der Waals surface area contributed by atoms with Gasteiger partial charge in [0.2, 0.25) is 11.9 Å². The van der Waals surface area contributed by atoms with Crippen LogP contribution >= 0.6 is 0 Å². The Kier molecular flexibility index (Phi) is 5.91. The Morgan fingerprint density at radius 3 is 2.67 bits per heavy atom. The number of morpholine rings is 1. The van der Waals surface area contributed by atoms with E-state index in [1.54, 1.807) is 0 Å². The van der Waals surface area contributed by atoms with Crippen molar-refractivity contribution in [3.8, 4) is 0 Å². The van der Waals surface area contributed by atoms with Gasteiger partial charge < -0.3 is 15.0 Å². The van der Waals surface area contributed by atoms with Gasteiger partial charge in [0, 0.05) is 30.5 Å². The zero-order chi connectivity index (χ0) is 19.4. The predicted molar refractivity (Wildman–Crippen MR) is 105 cm³/mol. The fourth-order valence-corrected chi connectivity index (χ4v) is 3.08. The van der Waals surface area contributed by atoms with Crippen molar-refractivity contribution in [1.82, 2.24) is 9.55 Å². The molecule has 1 saturated heterocycles. The fourth-order valence-electron chi connectivity index (χ4n) is 3.08. The van der Waals surface area contributed by atoms with Gasteiger partial charge in [-0.1, -0.05) is 19.1 Å². The summed E-state index contributed by atoms with van der Waals surface area (Å²) >= 11 is 0. The van der Waals surface area contributed by atoms with Gasteiger partial charge in [0.25, 0.3) is 5.56 Å². The number of anilines is 2. The third-order valence-electron chi connectivity index (χ3n) is 4.67. The van der Waals surface area contributed by atoms with Crippen LogP contribution in [0.25, 0.3) is 0 Å². The molecule has 1 fully saturated rings. The van der Waals surface area contributed by atoms with Crippen LogP contribution in [0, 0.1) is 13.8 Å². The van der Waals surface area contributed by atoms with Crippen LogP contribution in [0.5, 0.6) is 0 Å². The van der Waals surface area contributed by atoms with Crippen molar-refractivity contribution in [1.29, 1.82) is 0 Å². The summed E-state index contributed by atoms with van der Waals surface area (Å²) in [5.74, 6) is 0.296. The average Bonchev–Trinajstić information content (AvgIpc) is 2.66. The minimum Gasteiger partial charge on any atom is -0.378 e. The molecule has 1 aromatic carbocycles. The Morgan fingerprint density at radius 2 is 1.96 bits per heavy atom. The molecular formula is C20H26N4O3. The smallest absolute Gasteiger partial charge is 0.255 e. The Balaban J connectivity index is 1.87. The van der Waals surface area contributed by atoms with Crippen molar-refractivity contribution < 1.29 is 9.53 Å². The number of nitrogens with one attached hydrogen (secondary N) is 1. The number of hydrogen-bond acceptors (Lipinski definition) is 5. The van der Waals surface area contributed by atoms with E-state index in [1.807, 2.05) is 43.9 Å². The molecule has 1 aliphatic heterocycles. The van der Waals surface area contributed by atoms with E-state index in [0.29, 0.717) is 38.7 Å². The molecule has 144 valence electrons. The molecule has 27 heavy (non-hydrogen) atoms. The summed E-state index contributed by atoms with van der Waals surface area (Å²) in [5.41, 5.74) is 3.33. The number of hydrogen-bond donors (Lipinski definition) is 1. The first-order valence-corrected chi connectivity index (χ1v) is 9.28. The summed E-state index contributed by atoms with van der Waals surface area (Å²) in [4.78, 5) is 31.9. The lowest BCUT2D eigenvalue weighted by molar-refractivity contribution is -0.116. The first-order chi connectivity index (χ1) is 13.0. The highest BCUT2D eigenvalue weighted by Crippen LogP contribution is 2.17. The van der Waals surface area contributed by atoms with Crippen LogP contribution in [0.1, 0.15) is 23.7 Å². The predicted octanol–water partition coefficient (Wildman–Crippen LogP) is 1.90. The molecule has 2 heterocycles. The molecule has 0 atom stereocenters. The second-order valence-electron chi connectivity index (χ2n) is 6.79. The van der Waals surface area contributed by atoms with Crippen molar-refractivity contribution in [2.24, 2.45) is 0 Å². The Hall–Kier alpha value is -2.67. The number of aryl methyl sites for hydroxylation is 3. The number of carbonyl (C=O) groups excluding carboxylic acids is 1. The lowest BCUT2D eigenvalue weighted by Gasteiger charge is -2.29. The van der Waals surface area contributed by atoms with Gasteiger partial charge in [-0.3, -0.25) is 14.2 Å². The van der Waals surface area contributed by atoms with Crippen LogP contribution in [-0.2, 0) is 22.5 Å². The fraction of sp³-hybridized carbons (Fsp3) is 0.450. The van der Waals surface area contributed by atoms with E-state index in [1.165, 1.54) is 10.6 Å². The summed E-state index contributed by atoms with van der Waals surface area (Å²) in [7, 11) is 0. The minimum atomic E-state index is -0.244. The molecular weight excluding hydrogens is 344 g/mol. The van der Waals surface area contributed by atoms with Gasteiger partial charge in [-0.05, 0) is 37.5 Å². The second kappa shape index (κ2) is 8.35. The maximum atomic E-state index is 12.7. The van der Waals surface area contributed by atoms with Crippen molar-refractivity contribution in [2.45, 2.75) is 33.7 Å². The highest BCUT2D eigenvalue weighted by molar-refractivity contribution is 5.91. The van der Waals surface area contributed by atoms with Gasteiger partial charge in [-0.25, -0.2) is 4.98 Å². The lowest BCUT2D eigenvalue weighted by Crippen LogP contribution is -2.42. The zero-order valence-corrected chi connectivity index (χ0v) is 16.1. The van der Waals surface area contributed by atoms with Crippen molar-refractivity contribution >= 4 is 17.5 Å². The summed E-state index contributed by atoms with van der Waals surface area (Å²) in [6.45, 7) is 8.28. The third-order valence-corrected chi connectivity index (χ3v) is 4.67. The molecule has 0 unspecified atom stereocenters. The van der Waals surface area contributed by atoms with Crippen LogP contribution in [0.3, 0.4) is 0 Å². The monoisotopic (exact) mass is 370 g/mol. The van der Waals surface area contributed by atoms with Crippen LogP contribution in [0.15, 0.2) is 29.1 Å². The van der Waals surface area contributed by atoms with E-state index in [4.69, 9.17) is 4.74 Å². The van der Waals surface area contributed by atoms with Crippen LogP contribution in [-0.4, -0.2) is 41.8 Å². The highest BCUT2D eigenvalue weighted by Gasteiger charge is 2.20. The SMILES string of the molecule is CCc1cc(=O)n(CC(=O)Nc2cc(C)ccc2C)c(N2CCOCC2)n1. The van der Waals surface area contributed by atoms with Gasteiger partial charge in [-0.2, -0.15) is 0 Å². The standard InChI is InChI=1S/C20H26N4O3/c1-4-16-12-19(26)24(20(21-16)23-7-9-27-10-8-23)13-18(25)22-17-11-14(2)5-6-15(17)3/h5-6,11-12H,4,7-10,13H2,1-3H3,(H,22,25). The molecule has 0 bridgehead atoms. The van der Waals surface area contributed by atoms with Gasteiger partial charge in [0.05, 0.1) is 13.2 Å². The third kappa shape index (κ3) is 4.54. The molecule has 0 radical (unpaired) electrons. The maximum absolute atomic E-state index is 12.7. The van der Waals surface area contributed by atoms with E-state index >= 15 is 0 Å². The second-order valence-corrected chi connectivity index (χ2v) is 6.79. The molecule has 1 aromatic heterocycles. The zero-order valence-electron chi connectivity index (χ0n) is 16.1. The van der Waals surface area contributed by atoms with Crippen LogP contribution < -0.4 is 15.8 Å². The largest absolute Gasteiger partial charge is 0.378 e. The van der Waals surface area contributed by atoms with Crippen molar-refractivity contribution in [2.75, 3.05) is 36.5 Å². The first kappa shape index (κ1) is 19.1. The Labute approximate surface area is 159 Å². The van der Waals surface area contributed by atoms with E-state index in [2.05, 4.69) is 10.3 Å². The number of benzene rings is 1. The molecule has 0 spiro atoms. The van der Waals surface area contributed by atoms with E-state index in [0.717, 1.165) is 22.5 Å². The molecule has 7 heteroatoms. The Morgan fingerprint density at radius 1 is 1.22 bits per heavy atom. The van der Waals surface area contributed by atoms with Crippen LogP contribution in [0.4, 0.5) is 11.6 Å². The molecule has 0 saturated carbocycles. The molecule has 1 aliphatic rings. The average molecular weight is 370 g/mol. The Bertz CT molecular complexity index is 885. The van der Waals surface area contributed by atoms with Gasteiger partial charge in [-0.15, -0.1) is 0 Å². The number of nitrogens with zero attached hydrogens (tertiary/aromatic N) is 3. The van der Waals surface area contributed by atoms with Gasteiger partial charge in [0.15, 0.2) is 0 Å². The van der Waals surface area contributed by atoms with Crippen molar-refractivity contribution in [3.63, 3.8) is 0 Å². The summed E-state index contributed by atoms with van der Waals surface area (Å²) in [6, 6.07) is 7.40. The van der Waals surface area contributed by atoms with E-state index in [-0.39, 0.29) is 18.0 Å². The summed E-state index contributed by atoms with van der Waals surface area (Å²) in [5, 5.41) is 2.92. The molecule has 7 nitrogen and oxygen atoms in total. The molecule has 1 N–H and O–H groups in total. The first-order valence-electron chi connectivity index (χ1n) is 9.28. The number of carbonyl (C=O) groups is 1. The molecule has 1 amide bonds. The maximum Gasteiger partial charge on any atom is 0.255 e. The van der Waals surface area contributed by atoms with E-state index < -0.39 is 0 Å². The summed E-state index contributed by atoms with van der Waals surface area (Å²) in [6.07, 6.45) is 0.669. The van der Waals surface area contributed by atoms with Crippen LogP contribution in [0.2, 0.25) is 0 Å². The molecule has 3 rings (SSSR count). The van der Waals surface area contributed by atoms with Gasteiger partial charge >= 0.3 is 0 Å². The minimum absolute atomic E-state index is 0.0735.